The fourth-order valence-corrected chi connectivity index (χ4v) is 4.60. The standard InChI is InChI=1S/C24H23FN2O3S/c1-3-12-24(28,19-15-26-13-11-21(19)29-4-2)23-27-20-10-9-18(14-22(20)31-23)30-17-7-5-16(25)6-8-17/h5-11,13-15,28H,3-4,12H2,1-2H3. The Balaban J connectivity index is 1.72. The number of pyridine rings is 1. The van der Waals surface area contributed by atoms with Crippen LogP contribution in [-0.4, -0.2) is 21.7 Å². The first-order chi connectivity index (χ1) is 15.0. The Hall–Kier alpha value is -3.03. The van der Waals surface area contributed by atoms with Crippen molar-refractivity contribution in [3.8, 4) is 17.2 Å². The number of hydrogen-bond acceptors (Lipinski definition) is 6. The molecule has 0 saturated carbocycles. The van der Waals surface area contributed by atoms with E-state index in [2.05, 4.69) is 4.98 Å². The summed E-state index contributed by atoms with van der Waals surface area (Å²) in [5.41, 5.74) is 0.0678. The smallest absolute Gasteiger partial charge is 0.146 e. The second kappa shape index (κ2) is 8.99. The molecule has 0 saturated heterocycles. The maximum absolute atomic E-state index is 13.1. The normalized spacial score (nSPS) is 13.2. The van der Waals surface area contributed by atoms with Crippen molar-refractivity contribution in [3.05, 3.63) is 77.3 Å². The predicted octanol–water partition coefficient (Wildman–Crippen LogP) is 6.06. The van der Waals surface area contributed by atoms with Crippen molar-refractivity contribution in [1.29, 1.82) is 0 Å². The first kappa shape index (κ1) is 21.2. The van der Waals surface area contributed by atoms with Gasteiger partial charge in [-0.15, -0.1) is 11.3 Å². The van der Waals surface area contributed by atoms with E-state index >= 15 is 0 Å². The quantitative estimate of drug-likeness (QED) is 0.362. The summed E-state index contributed by atoms with van der Waals surface area (Å²) in [6.45, 7) is 4.41. The number of rotatable bonds is 8. The lowest BCUT2D eigenvalue weighted by molar-refractivity contribution is 0.0663. The zero-order valence-electron chi connectivity index (χ0n) is 17.3. The summed E-state index contributed by atoms with van der Waals surface area (Å²) in [6.07, 6.45) is 4.54. The van der Waals surface area contributed by atoms with Crippen molar-refractivity contribution >= 4 is 21.6 Å². The molecule has 0 fully saturated rings. The third-order valence-corrected chi connectivity index (χ3v) is 6.07. The van der Waals surface area contributed by atoms with E-state index in [-0.39, 0.29) is 5.82 Å². The Bertz CT molecular complexity index is 1180. The highest BCUT2D eigenvalue weighted by Crippen LogP contribution is 2.42. The van der Waals surface area contributed by atoms with Crippen LogP contribution >= 0.6 is 11.3 Å². The molecule has 2 aromatic carbocycles. The molecule has 1 N–H and O–H groups in total. The zero-order valence-corrected chi connectivity index (χ0v) is 18.2. The molecule has 2 heterocycles. The monoisotopic (exact) mass is 438 g/mol. The van der Waals surface area contributed by atoms with Crippen LogP contribution in [0.4, 0.5) is 4.39 Å². The number of halogens is 1. The van der Waals surface area contributed by atoms with Gasteiger partial charge in [-0.2, -0.15) is 0 Å². The fourth-order valence-electron chi connectivity index (χ4n) is 3.48. The summed E-state index contributed by atoms with van der Waals surface area (Å²) in [5.74, 6) is 1.45. The molecule has 2 aromatic heterocycles. The summed E-state index contributed by atoms with van der Waals surface area (Å²) < 4.78 is 25.6. The number of nitrogens with zero attached hydrogens (tertiary/aromatic N) is 2. The maximum Gasteiger partial charge on any atom is 0.146 e. The molecule has 4 aromatic rings. The lowest BCUT2D eigenvalue weighted by Gasteiger charge is -2.27. The van der Waals surface area contributed by atoms with Crippen molar-refractivity contribution in [2.75, 3.05) is 6.61 Å². The molecule has 5 nitrogen and oxygen atoms in total. The highest BCUT2D eigenvalue weighted by atomic mass is 32.1. The number of hydrogen-bond donors (Lipinski definition) is 1. The van der Waals surface area contributed by atoms with Gasteiger partial charge in [-0.1, -0.05) is 13.3 Å². The number of thiazole rings is 1. The number of fused-ring (bicyclic) bond motifs is 1. The van der Waals surface area contributed by atoms with E-state index < -0.39 is 5.60 Å². The lowest BCUT2D eigenvalue weighted by atomic mass is 9.90. The molecule has 1 atom stereocenters. The van der Waals surface area contributed by atoms with Gasteiger partial charge in [0.05, 0.1) is 22.4 Å². The molecule has 160 valence electrons. The molecule has 0 aliphatic rings. The fraction of sp³-hybridized carbons (Fsp3) is 0.250. The number of aromatic nitrogens is 2. The van der Waals surface area contributed by atoms with Gasteiger partial charge in [-0.25, -0.2) is 9.37 Å². The van der Waals surface area contributed by atoms with Gasteiger partial charge in [0.15, 0.2) is 0 Å². The first-order valence-electron chi connectivity index (χ1n) is 10.2. The molecule has 0 aliphatic heterocycles. The molecule has 0 amide bonds. The van der Waals surface area contributed by atoms with E-state index in [1.54, 1.807) is 30.6 Å². The largest absolute Gasteiger partial charge is 0.493 e. The molecule has 1 unspecified atom stereocenters. The van der Waals surface area contributed by atoms with Gasteiger partial charge in [0.25, 0.3) is 0 Å². The van der Waals surface area contributed by atoms with E-state index in [4.69, 9.17) is 14.5 Å². The molecule has 0 aliphatic carbocycles. The second-order valence-electron chi connectivity index (χ2n) is 7.12. The molecule has 4 rings (SSSR count). The average Bonchev–Trinajstić information content (AvgIpc) is 3.20. The van der Waals surface area contributed by atoms with Crippen LogP contribution in [0, 0.1) is 5.82 Å². The van der Waals surface area contributed by atoms with Gasteiger partial charge in [0.1, 0.15) is 33.7 Å². The molecule has 0 radical (unpaired) electrons. The maximum atomic E-state index is 13.1. The Morgan fingerprint density at radius 3 is 2.58 bits per heavy atom. The van der Waals surface area contributed by atoms with Crippen LogP contribution in [-0.2, 0) is 5.60 Å². The zero-order chi connectivity index (χ0) is 21.8. The highest BCUT2D eigenvalue weighted by molar-refractivity contribution is 7.18. The Morgan fingerprint density at radius 2 is 1.84 bits per heavy atom. The van der Waals surface area contributed by atoms with Crippen LogP contribution in [0.5, 0.6) is 17.2 Å². The van der Waals surface area contributed by atoms with Gasteiger partial charge in [0.2, 0.25) is 0 Å². The first-order valence-corrected chi connectivity index (χ1v) is 11.0. The summed E-state index contributed by atoms with van der Waals surface area (Å²) in [5, 5.41) is 12.3. The van der Waals surface area contributed by atoms with E-state index in [0.29, 0.717) is 40.8 Å². The number of aliphatic hydroxyl groups is 1. The van der Waals surface area contributed by atoms with Gasteiger partial charge >= 0.3 is 0 Å². The summed E-state index contributed by atoms with van der Waals surface area (Å²) in [6, 6.07) is 13.2. The van der Waals surface area contributed by atoms with Crippen molar-refractivity contribution in [3.63, 3.8) is 0 Å². The lowest BCUT2D eigenvalue weighted by Crippen LogP contribution is -2.28. The van der Waals surface area contributed by atoms with Gasteiger partial charge in [-0.3, -0.25) is 4.98 Å². The van der Waals surface area contributed by atoms with E-state index in [9.17, 15) is 9.50 Å². The summed E-state index contributed by atoms with van der Waals surface area (Å²) in [7, 11) is 0. The van der Waals surface area contributed by atoms with Crippen LogP contribution in [0.15, 0.2) is 60.9 Å². The van der Waals surface area contributed by atoms with Crippen molar-refractivity contribution in [1.82, 2.24) is 9.97 Å². The Morgan fingerprint density at radius 1 is 1.06 bits per heavy atom. The van der Waals surface area contributed by atoms with Gasteiger partial charge in [-0.05, 0) is 55.8 Å². The molecule has 0 spiro atoms. The highest BCUT2D eigenvalue weighted by Gasteiger charge is 2.37. The van der Waals surface area contributed by atoms with E-state index in [1.807, 2.05) is 32.0 Å². The van der Waals surface area contributed by atoms with Crippen LogP contribution < -0.4 is 9.47 Å². The average molecular weight is 439 g/mol. The Labute approximate surface area is 184 Å². The third kappa shape index (κ3) is 4.38. The van der Waals surface area contributed by atoms with Crippen LogP contribution in [0.3, 0.4) is 0 Å². The minimum atomic E-state index is -1.31. The third-order valence-electron chi connectivity index (χ3n) is 4.90. The molecular formula is C24H23FN2O3S. The van der Waals surface area contributed by atoms with Crippen LogP contribution in [0.2, 0.25) is 0 Å². The molecule has 0 bridgehead atoms. The summed E-state index contributed by atoms with van der Waals surface area (Å²) >= 11 is 1.41. The van der Waals surface area contributed by atoms with Crippen molar-refractivity contribution < 1.29 is 19.0 Å². The minimum absolute atomic E-state index is 0.313. The minimum Gasteiger partial charge on any atom is -0.493 e. The van der Waals surface area contributed by atoms with E-state index in [0.717, 1.165) is 16.6 Å². The molecular weight excluding hydrogens is 415 g/mol. The number of ether oxygens (including phenoxy) is 2. The Kier molecular flexibility index (Phi) is 6.15. The van der Waals surface area contributed by atoms with Gasteiger partial charge in [0, 0.05) is 18.5 Å². The molecule has 31 heavy (non-hydrogen) atoms. The van der Waals surface area contributed by atoms with Crippen LogP contribution in [0.25, 0.3) is 10.2 Å². The topological polar surface area (TPSA) is 64.5 Å². The predicted molar refractivity (Wildman–Crippen MR) is 119 cm³/mol. The summed E-state index contributed by atoms with van der Waals surface area (Å²) in [4.78, 5) is 8.93. The van der Waals surface area contributed by atoms with Gasteiger partial charge < -0.3 is 14.6 Å². The van der Waals surface area contributed by atoms with Crippen molar-refractivity contribution in [2.45, 2.75) is 32.3 Å². The van der Waals surface area contributed by atoms with E-state index in [1.165, 1.54) is 23.5 Å². The second-order valence-corrected chi connectivity index (χ2v) is 8.15. The van der Waals surface area contributed by atoms with Crippen LogP contribution in [0.1, 0.15) is 37.3 Å². The van der Waals surface area contributed by atoms with Crippen molar-refractivity contribution in [2.24, 2.45) is 0 Å². The SMILES string of the molecule is CCCC(O)(c1nc2ccc(Oc3ccc(F)cc3)cc2s1)c1cnccc1OCC. The molecule has 7 heteroatoms. The number of benzene rings is 2.